The lowest BCUT2D eigenvalue weighted by atomic mass is 9.93. The van der Waals surface area contributed by atoms with E-state index >= 15 is 0 Å². The van der Waals surface area contributed by atoms with Crippen LogP contribution in [0.3, 0.4) is 0 Å². The van der Waals surface area contributed by atoms with Crippen molar-refractivity contribution in [2.24, 2.45) is 5.92 Å². The lowest BCUT2D eigenvalue weighted by Gasteiger charge is -2.15. The second-order valence-electron chi connectivity index (χ2n) is 6.30. The fraction of sp³-hybridized carbons (Fsp3) is 0.364. The Balaban J connectivity index is 2.16. The molecule has 0 aliphatic carbocycles. The summed E-state index contributed by atoms with van der Waals surface area (Å²) in [7, 11) is 6.60. The van der Waals surface area contributed by atoms with Gasteiger partial charge in [-0.3, -0.25) is 0 Å². The maximum atomic E-state index is 5.40. The molecule has 0 radical (unpaired) electrons. The molecular formula is C22H28O4. The van der Waals surface area contributed by atoms with Crippen molar-refractivity contribution >= 4 is 6.08 Å². The van der Waals surface area contributed by atoms with Crippen molar-refractivity contribution in [3.63, 3.8) is 0 Å². The van der Waals surface area contributed by atoms with E-state index in [1.807, 2.05) is 30.3 Å². The monoisotopic (exact) mass is 356 g/mol. The van der Waals surface area contributed by atoms with Crippen LogP contribution in [-0.2, 0) is 6.42 Å². The first kappa shape index (κ1) is 19.7. The van der Waals surface area contributed by atoms with Gasteiger partial charge in [-0.25, -0.2) is 0 Å². The maximum absolute atomic E-state index is 5.40. The minimum Gasteiger partial charge on any atom is -0.493 e. The van der Waals surface area contributed by atoms with E-state index in [2.05, 4.69) is 26.0 Å². The third-order valence-electron chi connectivity index (χ3n) is 4.57. The van der Waals surface area contributed by atoms with E-state index in [1.54, 1.807) is 28.4 Å². The first-order chi connectivity index (χ1) is 12.5. The molecule has 2 aromatic carbocycles. The van der Waals surface area contributed by atoms with Gasteiger partial charge in [0.25, 0.3) is 0 Å². The summed E-state index contributed by atoms with van der Waals surface area (Å²) in [5, 5.41) is 0. The third-order valence-corrected chi connectivity index (χ3v) is 4.57. The van der Waals surface area contributed by atoms with Crippen LogP contribution in [0.15, 0.2) is 42.0 Å². The molecule has 0 aliphatic rings. The van der Waals surface area contributed by atoms with E-state index in [1.165, 1.54) is 11.1 Å². The zero-order valence-electron chi connectivity index (χ0n) is 16.5. The normalized spacial score (nSPS) is 12.5. The highest BCUT2D eigenvalue weighted by molar-refractivity contribution is 5.58. The zero-order chi connectivity index (χ0) is 19.1. The first-order valence-electron chi connectivity index (χ1n) is 8.63. The summed E-state index contributed by atoms with van der Waals surface area (Å²) in [6, 6.07) is 12.0. The van der Waals surface area contributed by atoms with E-state index in [0.717, 1.165) is 35.0 Å². The molecule has 0 amide bonds. The average Bonchev–Trinajstić information content (AvgIpc) is 2.67. The molecule has 0 bridgehead atoms. The molecule has 2 aromatic rings. The standard InChI is InChI=1S/C22H28O4/c1-15(11-17-7-9-19(23-3)21(13-17)25-5)16(2)12-18-8-10-20(24-4)22(14-18)26-6/h7-11,13-14,16H,12H2,1-6H3/b15-11+/t16-/m1/s1. The highest BCUT2D eigenvalue weighted by atomic mass is 16.5. The molecule has 0 N–H and O–H groups in total. The molecule has 140 valence electrons. The van der Waals surface area contributed by atoms with Crippen molar-refractivity contribution in [1.82, 2.24) is 0 Å². The van der Waals surface area contributed by atoms with Crippen molar-refractivity contribution in [2.75, 3.05) is 28.4 Å². The lowest BCUT2D eigenvalue weighted by molar-refractivity contribution is 0.354. The fourth-order valence-electron chi connectivity index (χ4n) is 2.87. The van der Waals surface area contributed by atoms with Gasteiger partial charge in [-0.1, -0.05) is 30.7 Å². The Morgan fingerprint density at radius 1 is 0.808 bits per heavy atom. The van der Waals surface area contributed by atoms with Crippen LogP contribution in [0.4, 0.5) is 0 Å². The van der Waals surface area contributed by atoms with E-state index in [-0.39, 0.29) is 0 Å². The van der Waals surface area contributed by atoms with Crippen LogP contribution in [-0.4, -0.2) is 28.4 Å². The minimum absolute atomic E-state index is 0.390. The van der Waals surface area contributed by atoms with E-state index in [4.69, 9.17) is 18.9 Å². The van der Waals surface area contributed by atoms with Crippen molar-refractivity contribution in [3.8, 4) is 23.0 Å². The van der Waals surface area contributed by atoms with Gasteiger partial charge in [0.05, 0.1) is 28.4 Å². The number of rotatable bonds is 8. The summed E-state index contributed by atoms with van der Waals surface area (Å²) in [5.74, 6) is 3.38. The summed E-state index contributed by atoms with van der Waals surface area (Å²) in [4.78, 5) is 0. The second-order valence-corrected chi connectivity index (χ2v) is 6.30. The molecule has 4 heteroatoms. The van der Waals surface area contributed by atoms with Crippen LogP contribution in [0.2, 0.25) is 0 Å². The lowest BCUT2D eigenvalue weighted by Crippen LogP contribution is -2.02. The Kier molecular flexibility index (Phi) is 6.96. The quantitative estimate of drug-likeness (QED) is 0.667. The van der Waals surface area contributed by atoms with Crippen LogP contribution in [0.5, 0.6) is 23.0 Å². The van der Waals surface area contributed by atoms with Crippen LogP contribution in [0, 0.1) is 5.92 Å². The third kappa shape index (κ3) is 4.72. The molecule has 26 heavy (non-hydrogen) atoms. The first-order valence-corrected chi connectivity index (χ1v) is 8.63. The topological polar surface area (TPSA) is 36.9 Å². The van der Waals surface area contributed by atoms with Gasteiger partial charge in [0, 0.05) is 0 Å². The van der Waals surface area contributed by atoms with Crippen LogP contribution in [0.1, 0.15) is 25.0 Å². The average molecular weight is 356 g/mol. The number of ether oxygens (including phenoxy) is 4. The van der Waals surface area contributed by atoms with E-state index in [0.29, 0.717) is 5.92 Å². The number of hydrogen-bond acceptors (Lipinski definition) is 4. The van der Waals surface area contributed by atoms with Crippen molar-refractivity contribution in [3.05, 3.63) is 53.1 Å². The molecule has 2 rings (SSSR count). The van der Waals surface area contributed by atoms with Crippen LogP contribution >= 0.6 is 0 Å². The molecule has 0 saturated carbocycles. The Morgan fingerprint density at radius 3 is 1.92 bits per heavy atom. The SMILES string of the molecule is COc1ccc(/C=C(\C)[C@H](C)Cc2ccc(OC)c(OC)c2)cc1OC. The Labute approximate surface area is 156 Å². The summed E-state index contributed by atoms with van der Waals surface area (Å²) >= 11 is 0. The van der Waals surface area contributed by atoms with Gasteiger partial charge in [0.1, 0.15) is 0 Å². The van der Waals surface area contributed by atoms with Gasteiger partial charge in [0.2, 0.25) is 0 Å². The van der Waals surface area contributed by atoms with E-state index < -0.39 is 0 Å². The van der Waals surface area contributed by atoms with Gasteiger partial charge >= 0.3 is 0 Å². The largest absolute Gasteiger partial charge is 0.493 e. The summed E-state index contributed by atoms with van der Waals surface area (Å²) in [6.45, 7) is 4.38. The van der Waals surface area contributed by atoms with Gasteiger partial charge < -0.3 is 18.9 Å². The highest BCUT2D eigenvalue weighted by Gasteiger charge is 2.10. The Morgan fingerprint density at radius 2 is 1.35 bits per heavy atom. The molecule has 0 saturated heterocycles. The minimum atomic E-state index is 0.390. The van der Waals surface area contributed by atoms with Crippen LogP contribution in [0.25, 0.3) is 6.08 Å². The fourth-order valence-corrected chi connectivity index (χ4v) is 2.87. The number of benzene rings is 2. The molecule has 1 atom stereocenters. The van der Waals surface area contributed by atoms with Gasteiger partial charge in [-0.2, -0.15) is 0 Å². The zero-order valence-corrected chi connectivity index (χ0v) is 16.5. The summed E-state index contributed by atoms with van der Waals surface area (Å²) < 4.78 is 21.4. The second kappa shape index (κ2) is 9.18. The Hall–Kier alpha value is -2.62. The molecule has 0 unspecified atom stereocenters. The maximum Gasteiger partial charge on any atom is 0.161 e. The van der Waals surface area contributed by atoms with Crippen LogP contribution < -0.4 is 18.9 Å². The van der Waals surface area contributed by atoms with Crippen molar-refractivity contribution in [1.29, 1.82) is 0 Å². The number of hydrogen-bond donors (Lipinski definition) is 0. The van der Waals surface area contributed by atoms with E-state index in [9.17, 15) is 0 Å². The summed E-state index contributed by atoms with van der Waals surface area (Å²) in [5.41, 5.74) is 3.61. The smallest absolute Gasteiger partial charge is 0.161 e. The molecule has 0 aromatic heterocycles. The van der Waals surface area contributed by atoms with Gasteiger partial charge in [-0.05, 0) is 54.7 Å². The molecule has 0 spiro atoms. The molecule has 0 aliphatic heterocycles. The molecule has 4 nitrogen and oxygen atoms in total. The Bertz CT molecular complexity index is 765. The van der Waals surface area contributed by atoms with Gasteiger partial charge in [0.15, 0.2) is 23.0 Å². The molecule has 0 heterocycles. The predicted molar refractivity (Wildman–Crippen MR) is 106 cm³/mol. The predicted octanol–water partition coefficient (Wildman–Crippen LogP) is 5.00. The van der Waals surface area contributed by atoms with Gasteiger partial charge in [-0.15, -0.1) is 0 Å². The number of methoxy groups -OCH3 is 4. The molecule has 0 fully saturated rings. The molecular weight excluding hydrogens is 328 g/mol. The summed E-state index contributed by atoms with van der Waals surface area (Å²) in [6.07, 6.45) is 3.11. The van der Waals surface area contributed by atoms with Crippen molar-refractivity contribution < 1.29 is 18.9 Å². The highest BCUT2D eigenvalue weighted by Crippen LogP contribution is 2.31. The number of allylic oxidation sites excluding steroid dienone is 1. The van der Waals surface area contributed by atoms with Crippen molar-refractivity contribution in [2.45, 2.75) is 20.3 Å².